The summed E-state index contributed by atoms with van der Waals surface area (Å²) in [6.07, 6.45) is 7.77. The predicted molar refractivity (Wildman–Crippen MR) is 92.9 cm³/mol. The van der Waals surface area contributed by atoms with Crippen molar-refractivity contribution in [1.29, 1.82) is 0 Å². The van der Waals surface area contributed by atoms with Crippen molar-refractivity contribution in [2.75, 3.05) is 18.0 Å². The first-order valence-electron chi connectivity index (χ1n) is 8.89. The molecule has 1 aromatic rings. The second-order valence-electron chi connectivity index (χ2n) is 7.09. The van der Waals surface area contributed by atoms with Crippen LogP contribution in [-0.4, -0.2) is 30.1 Å². The Labute approximate surface area is 138 Å². The molecule has 23 heavy (non-hydrogen) atoms. The second kappa shape index (κ2) is 7.30. The molecule has 0 radical (unpaired) electrons. The van der Waals surface area contributed by atoms with Crippen LogP contribution >= 0.6 is 0 Å². The van der Waals surface area contributed by atoms with Gasteiger partial charge in [0.2, 0.25) is 0 Å². The van der Waals surface area contributed by atoms with Crippen LogP contribution in [0, 0.1) is 16.0 Å². The van der Waals surface area contributed by atoms with Crippen molar-refractivity contribution in [3.63, 3.8) is 0 Å². The molecule has 3 rings (SSSR count). The van der Waals surface area contributed by atoms with E-state index in [1.807, 2.05) is 12.1 Å². The van der Waals surface area contributed by atoms with Crippen LogP contribution in [0.25, 0.3) is 0 Å². The Bertz CT molecular complexity index is 532. The summed E-state index contributed by atoms with van der Waals surface area (Å²) < 4.78 is 0. The molecule has 1 heterocycles. The Morgan fingerprint density at radius 3 is 2.57 bits per heavy atom. The first-order valence-corrected chi connectivity index (χ1v) is 8.89. The van der Waals surface area contributed by atoms with E-state index in [1.54, 1.807) is 12.1 Å². The lowest BCUT2D eigenvalue weighted by molar-refractivity contribution is -0.384. The number of nitrogens with zero attached hydrogens (tertiary/aromatic N) is 2. The third kappa shape index (κ3) is 4.02. The largest absolute Gasteiger partial charge is 0.370 e. The van der Waals surface area contributed by atoms with Gasteiger partial charge in [-0.3, -0.25) is 10.1 Å². The van der Waals surface area contributed by atoms with Crippen LogP contribution in [0.15, 0.2) is 24.3 Å². The van der Waals surface area contributed by atoms with Crippen LogP contribution in [0.3, 0.4) is 0 Å². The van der Waals surface area contributed by atoms with Crippen LogP contribution in [-0.2, 0) is 0 Å². The lowest BCUT2D eigenvalue weighted by atomic mass is 9.85. The van der Waals surface area contributed by atoms with Gasteiger partial charge in [-0.1, -0.05) is 19.8 Å². The van der Waals surface area contributed by atoms with E-state index >= 15 is 0 Å². The zero-order valence-electron chi connectivity index (χ0n) is 13.9. The maximum Gasteiger partial charge on any atom is 0.269 e. The van der Waals surface area contributed by atoms with Gasteiger partial charge < -0.3 is 10.2 Å². The van der Waals surface area contributed by atoms with E-state index in [0.717, 1.165) is 24.7 Å². The summed E-state index contributed by atoms with van der Waals surface area (Å²) in [6.45, 7) is 4.41. The molecule has 1 saturated carbocycles. The molecular weight excluding hydrogens is 290 g/mol. The van der Waals surface area contributed by atoms with Crippen molar-refractivity contribution in [3.05, 3.63) is 34.4 Å². The average Bonchev–Trinajstić information content (AvgIpc) is 2.57. The molecule has 1 saturated heterocycles. The molecule has 0 bridgehead atoms. The van der Waals surface area contributed by atoms with Gasteiger partial charge in [0.1, 0.15) is 0 Å². The maximum absolute atomic E-state index is 10.8. The molecule has 5 heteroatoms. The van der Waals surface area contributed by atoms with Gasteiger partial charge in [0.05, 0.1) is 4.92 Å². The van der Waals surface area contributed by atoms with Crippen LogP contribution in [0.4, 0.5) is 11.4 Å². The Kier molecular flexibility index (Phi) is 5.16. The van der Waals surface area contributed by atoms with Crippen molar-refractivity contribution < 1.29 is 4.92 Å². The smallest absolute Gasteiger partial charge is 0.269 e. The number of anilines is 1. The monoisotopic (exact) mass is 317 g/mol. The number of nitro benzene ring substituents is 1. The molecule has 1 aromatic carbocycles. The Balaban J connectivity index is 1.60. The molecule has 126 valence electrons. The number of nitro groups is 1. The molecule has 0 spiro atoms. The summed E-state index contributed by atoms with van der Waals surface area (Å²) in [5.41, 5.74) is 1.26. The van der Waals surface area contributed by atoms with E-state index in [9.17, 15) is 10.1 Å². The van der Waals surface area contributed by atoms with Crippen molar-refractivity contribution in [2.24, 2.45) is 5.92 Å². The third-order valence-electron chi connectivity index (χ3n) is 5.41. The van der Waals surface area contributed by atoms with Crippen molar-refractivity contribution >= 4 is 11.4 Å². The SMILES string of the molecule is CC1CCCC[C@H]1N[C@H]1CCCN(c2ccc([N+](=O)[O-])cc2)C1. The van der Waals surface area contributed by atoms with Gasteiger partial charge in [0.15, 0.2) is 0 Å². The zero-order chi connectivity index (χ0) is 16.2. The Hall–Kier alpha value is -1.62. The van der Waals surface area contributed by atoms with E-state index in [1.165, 1.54) is 38.5 Å². The molecule has 1 N–H and O–H groups in total. The summed E-state index contributed by atoms with van der Waals surface area (Å²) in [5, 5.41) is 14.7. The fraction of sp³-hybridized carbons (Fsp3) is 0.667. The minimum Gasteiger partial charge on any atom is -0.370 e. The maximum atomic E-state index is 10.8. The molecule has 3 atom stereocenters. The quantitative estimate of drug-likeness (QED) is 0.679. The van der Waals surface area contributed by atoms with Gasteiger partial charge in [-0.15, -0.1) is 0 Å². The zero-order valence-corrected chi connectivity index (χ0v) is 13.9. The first-order chi connectivity index (χ1) is 11.1. The number of piperidine rings is 1. The second-order valence-corrected chi connectivity index (χ2v) is 7.09. The van der Waals surface area contributed by atoms with Crippen LogP contribution in [0.1, 0.15) is 45.4 Å². The molecular formula is C18H27N3O2. The van der Waals surface area contributed by atoms with E-state index in [0.29, 0.717) is 12.1 Å². The normalized spacial score (nSPS) is 28.6. The summed E-state index contributed by atoms with van der Waals surface area (Å²) in [5.74, 6) is 0.776. The van der Waals surface area contributed by atoms with Crippen LogP contribution in [0.5, 0.6) is 0 Å². The molecule has 1 aliphatic carbocycles. The topological polar surface area (TPSA) is 58.4 Å². The number of rotatable bonds is 4. The number of hydrogen-bond donors (Lipinski definition) is 1. The van der Waals surface area contributed by atoms with Gasteiger partial charge in [0, 0.05) is 43.0 Å². The molecule has 5 nitrogen and oxygen atoms in total. The Morgan fingerprint density at radius 2 is 1.87 bits per heavy atom. The van der Waals surface area contributed by atoms with E-state index < -0.39 is 0 Å². The highest BCUT2D eigenvalue weighted by Gasteiger charge is 2.27. The van der Waals surface area contributed by atoms with Gasteiger partial charge in [-0.05, 0) is 43.7 Å². The van der Waals surface area contributed by atoms with Gasteiger partial charge in [-0.2, -0.15) is 0 Å². The lowest BCUT2D eigenvalue weighted by Crippen LogP contribution is -2.51. The van der Waals surface area contributed by atoms with Crippen molar-refractivity contribution in [2.45, 2.75) is 57.5 Å². The third-order valence-corrected chi connectivity index (χ3v) is 5.41. The standard InChI is InChI=1S/C18H27N3O2/c1-14-5-2-3-7-18(14)19-15-6-4-12-20(13-15)16-8-10-17(11-9-16)21(22)23/h8-11,14-15,18-19H,2-7,12-13H2,1H3/t14?,15-,18+/m0/s1. The minimum atomic E-state index is -0.338. The lowest BCUT2D eigenvalue weighted by Gasteiger charge is -2.39. The summed E-state index contributed by atoms with van der Waals surface area (Å²) in [4.78, 5) is 12.8. The van der Waals surface area contributed by atoms with Crippen molar-refractivity contribution in [1.82, 2.24) is 5.32 Å². The van der Waals surface area contributed by atoms with Gasteiger partial charge >= 0.3 is 0 Å². The van der Waals surface area contributed by atoms with Crippen LogP contribution < -0.4 is 10.2 Å². The highest BCUT2D eigenvalue weighted by atomic mass is 16.6. The van der Waals surface area contributed by atoms with E-state index in [4.69, 9.17) is 0 Å². The highest BCUT2D eigenvalue weighted by Crippen LogP contribution is 2.27. The summed E-state index contributed by atoms with van der Waals surface area (Å²) >= 11 is 0. The van der Waals surface area contributed by atoms with E-state index in [-0.39, 0.29) is 10.6 Å². The highest BCUT2D eigenvalue weighted by molar-refractivity contribution is 5.51. The molecule has 2 aliphatic rings. The first kappa shape index (κ1) is 16.2. The molecule has 2 fully saturated rings. The molecule has 1 unspecified atom stereocenters. The number of non-ortho nitro benzene ring substituents is 1. The molecule has 0 aromatic heterocycles. The van der Waals surface area contributed by atoms with Gasteiger partial charge in [0.25, 0.3) is 5.69 Å². The fourth-order valence-electron chi connectivity index (χ4n) is 4.00. The van der Waals surface area contributed by atoms with Gasteiger partial charge in [-0.25, -0.2) is 0 Å². The minimum absolute atomic E-state index is 0.163. The average molecular weight is 317 g/mol. The number of benzene rings is 1. The van der Waals surface area contributed by atoms with Crippen molar-refractivity contribution in [3.8, 4) is 0 Å². The predicted octanol–water partition coefficient (Wildman–Crippen LogP) is 3.73. The molecule has 1 aliphatic heterocycles. The Morgan fingerprint density at radius 1 is 1.13 bits per heavy atom. The number of nitrogens with one attached hydrogen (secondary N) is 1. The van der Waals surface area contributed by atoms with Crippen LogP contribution in [0.2, 0.25) is 0 Å². The summed E-state index contributed by atoms with van der Waals surface area (Å²) in [6, 6.07) is 8.16. The number of hydrogen-bond acceptors (Lipinski definition) is 4. The fourth-order valence-corrected chi connectivity index (χ4v) is 4.00. The molecule has 0 amide bonds. The van der Waals surface area contributed by atoms with E-state index in [2.05, 4.69) is 17.1 Å². The summed E-state index contributed by atoms with van der Waals surface area (Å²) in [7, 11) is 0.